The fourth-order valence-corrected chi connectivity index (χ4v) is 1.68. The summed E-state index contributed by atoms with van der Waals surface area (Å²) < 4.78 is 4.85. The Bertz CT molecular complexity index is 663. The van der Waals surface area contributed by atoms with Crippen LogP contribution in [0.4, 0.5) is 0 Å². The highest BCUT2D eigenvalue weighted by Gasteiger charge is 2.28. The first-order valence-electron chi connectivity index (χ1n) is 5.55. The van der Waals surface area contributed by atoms with Gasteiger partial charge >= 0.3 is 11.9 Å². The third-order valence-corrected chi connectivity index (χ3v) is 2.59. The second-order valence-electron chi connectivity index (χ2n) is 3.90. The molecular formula is C13H10N2O5. The fraction of sp³-hybridized carbons (Fsp3) is 0.0769. The van der Waals surface area contributed by atoms with E-state index < -0.39 is 17.9 Å². The van der Waals surface area contributed by atoms with E-state index in [1.54, 1.807) is 6.07 Å². The van der Waals surface area contributed by atoms with Crippen molar-refractivity contribution < 1.29 is 24.3 Å². The predicted molar refractivity (Wildman–Crippen MR) is 67.8 cm³/mol. The van der Waals surface area contributed by atoms with Gasteiger partial charge in [0, 0.05) is 5.56 Å². The SMILES string of the molecule is C=Cc1nc(-c2cccc(C(C(=O)O)C(=O)O)c2)no1. The quantitative estimate of drug-likeness (QED) is 0.796. The van der Waals surface area contributed by atoms with Crippen LogP contribution in [0, 0.1) is 0 Å². The molecule has 0 unspecified atom stereocenters. The predicted octanol–water partition coefficient (Wildman–Crippen LogP) is 1.63. The summed E-state index contributed by atoms with van der Waals surface area (Å²) in [6, 6.07) is 5.99. The standard InChI is InChI=1S/C13H10N2O5/c1-2-9-14-11(15-20-9)8-5-3-4-7(6-8)10(12(16)17)13(18)19/h2-6,10H,1H2,(H,16,17)(H,18,19). The molecule has 7 heteroatoms. The number of carboxylic acid groups (broad SMARTS) is 2. The van der Waals surface area contributed by atoms with Crippen LogP contribution < -0.4 is 0 Å². The molecule has 0 aliphatic rings. The van der Waals surface area contributed by atoms with E-state index in [2.05, 4.69) is 16.7 Å². The Labute approximate surface area is 113 Å². The average Bonchev–Trinajstić information content (AvgIpc) is 2.87. The first-order valence-corrected chi connectivity index (χ1v) is 5.55. The Morgan fingerprint density at radius 3 is 2.55 bits per heavy atom. The summed E-state index contributed by atoms with van der Waals surface area (Å²) >= 11 is 0. The lowest BCUT2D eigenvalue weighted by Crippen LogP contribution is -2.21. The van der Waals surface area contributed by atoms with E-state index in [0.29, 0.717) is 5.56 Å². The van der Waals surface area contributed by atoms with Crippen molar-refractivity contribution in [3.05, 3.63) is 42.3 Å². The Morgan fingerprint density at radius 2 is 2.00 bits per heavy atom. The monoisotopic (exact) mass is 274 g/mol. The number of carboxylic acids is 2. The third-order valence-electron chi connectivity index (χ3n) is 2.59. The van der Waals surface area contributed by atoms with Crippen molar-refractivity contribution in [2.75, 3.05) is 0 Å². The Morgan fingerprint density at radius 1 is 1.30 bits per heavy atom. The van der Waals surface area contributed by atoms with Crippen LogP contribution in [0.1, 0.15) is 17.4 Å². The van der Waals surface area contributed by atoms with Crippen LogP contribution >= 0.6 is 0 Å². The van der Waals surface area contributed by atoms with Gasteiger partial charge in [-0.05, 0) is 17.7 Å². The lowest BCUT2D eigenvalue weighted by Gasteiger charge is -2.08. The van der Waals surface area contributed by atoms with Crippen molar-refractivity contribution in [3.63, 3.8) is 0 Å². The third kappa shape index (κ3) is 2.56. The summed E-state index contributed by atoms with van der Waals surface area (Å²) in [5, 5.41) is 21.6. The highest BCUT2D eigenvalue weighted by atomic mass is 16.5. The highest BCUT2D eigenvalue weighted by molar-refractivity contribution is 5.99. The number of carbonyl (C=O) groups is 2. The number of aliphatic carboxylic acids is 2. The number of aromatic nitrogens is 2. The molecule has 0 aliphatic carbocycles. The summed E-state index contributed by atoms with van der Waals surface area (Å²) in [6.45, 7) is 3.48. The van der Waals surface area contributed by atoms with E-state index in [-0.39, 0.29) is 17.3 Å². The number of nitrogens with zero attached hydrogens (tertiary/aromatic N) is 2. The van der Waals surface area contributed by atoms with Gasteiger partial charge in [-0.2, -0.15) is 4.98 Å². The molecule has 0 aliphatic heterocycles. The zero-order valence-corrected chi connectivity index (χ0v) is 10.2. The summed E-state index contributed by atoms with van der Waals surface area (Å²) in [7, 11) is 0. The normalized spacial score (nSPS) is 10.4. The molecule has 0 amide bonds. The van der Waals surface area contributed by atoms with Crippen LogP contribution in [0.25, 0.3) is 17.5 Å². The first kappa shape index (κ1) is 13.5. The molecule has 0 saturated heterocycles. The van der Waals surface area contributed by atoms with Crippen molar-refractivity contribution in [2.45, 2.75) is 5.92 Å². The van der Waals surface area contributed by atoms with Gasteiger partial charge in [0.25, 0.3) is 0 Å². The molecule has 1 aromatic carbocycles. The zero-order valence-electron chi connectivity index (χ0n) is 10.2. The molecule has 0 bridgehead atoms. The molecule has 1 aromatic heterocycles. The van der Waals surface area contributed by atoms with Crippen molar-refractivity contribution in [3.8, 4) is 11.4 Å². The number of benzene rings is 1. The Hall–Kier alpha value is -2.96. The number of rotatable bonds is 5. The van der Waals surface area contributed by atoms with Gasteiger partial charge < -0.3 is 14.7 Å². The maximum Gasteiger partial charge on any atom is 0.322 e. The minimum atomic E-state index is -1.64. The van der Waals surface area contributed by atoms with Gasteiger partial charge in [0.15, 0.2) is 5.92 Å². The van der Waals surface area contributed by atoms with E-state index >= 15 is 0 Å². The highest BCUT2D eigenvalue weighted by Crippen LogP contribution is 2.23. The molecule has 20 heavy (non-hydrogen) atoms. The van der Waals surface area contributed by atoms with E-state index in [4.69, 9.17) is 14.7 Å². The average molecular weight is 274 g/mol. The van der Waals surface area contributed by atoms with Crippen LogP contribution in [0.2, 0.25) is 0 Å². The van der Waals surface area contributed by atoms with Crippen molar-refractivity contribution in [1.29, 1.82) is 0 Å². The molecule has 102 valence electrons. The largest absolute Gasteiger partial charge is 0.480 e. The summed E-state index contributed by atoms with van der Waals surface area (Å²) in [6.07, 6.45) is 1.37. The summed E-state index contributed by atoms with van der Waals surface area (Å²) in [4.78, 5) is 26.0. The molecule has 0 spiro atoms. The van der Waals surface area contributed by atoms with Gasteiger partial charge in [-0.25, -0.2) is 0 Å². The van der Waals surface area contributed by atoms with Crippen molar-refractivity contribution in [1.82, 2.24) is 10.1 Å². The molecule has 0 radical (unpaired) electrons. The molecule has 0 atom stereocenters. The molecule has 2 N–H and O–H groups in total. The molecule has 2 rings (SSSR count). The van der Waals surface area contributed by atoms with Crippen molar-refractivity contribution >= 4 is 18.0 Å². The molecule has 7 nitrogen and oxygen atoms in total. The lowest BCUT2D eigenvalue weighted by molar-refractivity contribution is -0.150. The topological polar surface area (TPSA) is 114 Å². The van der Waals surface area contributed by atoms with Crippen LogP contribution in [-0.4, -0.2) is 32.3 Å². The van der Waals surface area contributed by atoms with Gasteiger partial charge in [-0.3, -0.25) is 9.59 Å². The molecule has 1 heterocycles. The number of hydrogen-bond donors (Lipinski definition) is 2. The minimum absolute atomic E-state index is 0.132. The van der Waals surface area contributed by atoms with Gasteiger partial charge in [0.05, 0.1) is 0 Å². The van der Waals surface area contributed by atoms with Crippen molar-refractivity contribution in [2.24, 2.45) is 0 Å². The van der Waals surface area contributed by atoms with E-state index in [0.717, 1.165) is 0 Å². The maximum absolute atomic E-state index is 11.0. The summed E-state index contributed by atoms with van der Waals surface area (Å²) in [5.41, 5.74) is 0.597. The van der Waals surface area contributed by atoms with Gasteiger partial charge in [0.2, 0.25) is 11.7 Å². The molecule has 0 saturated carbocycles. The van der Waals surface area contributed by atoms with Crippen LogP contribution in [0.5, 0.6) is 0 Å². The van der Waals surface area contributed by atoms with E-state index in [1.807, 2.05) is 0 Å². The van der Waals surface area contributed by atoms with Gasteiger partial charge in [-0.15, -0.1) is 0 Å². The Kier molecular flexibility index (Phi) is 3.60. The molecular weight excluding hydrogens is 264 g/mol. The van der Waals surface area contributed by atoms with Gasteiger partial charge in [0.1, 0.15) is 0 Å². The zero-order chi connectivity index (χ0) is 14.7. The Balaban J connectivity index is 2.43. The lowest BCUT2D eigenvalue weighted by atomic mass is 9.97. The van der Waals surface area contributed by atoms with E-state index in [1.165, 1.54) is 24.3 Å². The van der Waals surface area contributed by atoms with Crippen LogP contribution in [0.3, 0.4) is 0 Å². The second kappa shape index (κ2) is 5.35. The van der Waals surface area contributed by atoms with Crippen LogP contribution in [0.15, 0.2) is 35.4 Å². The second-order valence-corrected chi connectivity index (χ2v) is 3.90. The number of hydrogen-bond acceptors (Lipinski definition) is 5. The fourth-order valence-electron chi connectivity index (χ4n) is 1.68. The molecule has 2 aromatic rings. The van der Waals surface area contributed by atoms with Gasteiger partial charge in [-0.1, -0.05) is 29.9 Å². The van der Waals surface area contributed by atoms with E-state index in [9.17, 15) is 9.59 Å². The smallest absolute Gasteiger partial charge is 0.322 e. The minimum Gasteiger partial charge on any atom is -0.480 e. The summed E-state index contributed by atoms with van der Waals surface area (Å²) in [5.74, 6) is -4.06. The maximum atomic E-state index is 11.0. The first-order chi connectivity index (χ1) is 9.52. The molecule has 0 fully saturated rings. The van der Waals surface area contributed by atoms with Crippen LogP contribution in [-0.2, 0) is 9.59 Å².